The number of nitrogens with zero attached hydrogens (tertiary/aromatic N) is 4. The third kappa shape index (κ3) is 2.43. The van der Waals surface area contributed by atoms with E-state index in [1.54, 1.807) is 18.3 Å². The third-order valence-electron chi connectivity index (χ3n) is 4.60. The zero-order valence-electron chi connectivity index (χ0n) is 13.0. The molecule has 0 saturated heterocycles. The molecule has 1 fully saturated rings. The van der Waals surface area contributed by atoms with E-state index < -0.39 is 18.4 Å². The molecule has 1 spiro atoms. The predicted molar refractivity (Wildman–Crippen MR) is 85.0 cm³/mol. The van der Waals surface area contributed by atoms with Crippen molar-refractivity contribution in [3.63, 3.8) is 0 Å². The van der Waals surface area contributed by atoms with Crippen molar-refractivity contribution < 1.29 is 13.5 Å². The second kappa shape index (κ2) is 5.32. The number of alkyl halides is 2. The molecular formula is C16H15ClF2N4O. The van der Waals surface area contributed by atoms with Crippen LogP contribution >= 0.6 is 11.6 Å². The number of anilines is 2. The average Bonchev–Trinajstić information content (AvgIpc) is 3.26. The number of pyridine rings is 1. The van der Waals surface area contributed by atoms with Crippen LogP contribution in [0.1, 0.15) is 24.2 Å². The fourth-order valence-electron chi connectivity index (χ4n) is 3.23. The molecule has 1 aliphatic carbocycles. The minimum atomic E-state index is -3.24. The van der Waals surface area contributed by atoms with Gasteiger partial charge in [-0.05, 0) is 25.0 Å². The summed E-state index contributed by atoms with van der Waals surface area (Å²) >= 11 is 6.03. The Morgan fingerprint density at radius 3 is 2.88 bits per heavy atom. The maximum absolute atomic E-state index is 14.0. The van der Waals surface area contributed by atoms with Crippen LogP contribution < -0.4 is 4.90 Å². The molecule has 3 heterocycles. The van der Waals surface area contributed by atoms with Gasteiger partial charge in [0.2, 0.25) is 5.82 Å². The summed E-state index contributed by atoms with van der Waals surface area (Å²) in [6.07, 6.45) is 5.24. The molecule has 0 aromatic carbocycles. The van der Waals surface area contributed by atoms with Crippen LogP contribution in [-0.4, -0.2) is 35.2 Å². The van der Waals surface area contributed by atoms with Crippen LogP contribution in [-0.2, 0) is 16.1 Å². The first-order valence-electron chi connectivity index (χ1n) is 7.59. The Kier molecular flexibility index (Phi) is 3.47. The number of methoxy groups -OCH3 is 1. The number of aromatic nitrogens is 3. The van der Waals surface area contributed by atoms with Crippen LogP contribution in [0, 0.1) is 0 Å². The minimum absolute atomic E-state index is 0.0487. The van der Waals surface area contributed by atoms with Gasteiger partial charge in [0.1, 0.15) is 17.6 Å². The van der Waals surface area contributed by atoms with Gasteiger partial charge in [-0.25, -0.2) is 15.0 Å². The van der Waals surface area contributed by atoms with Gasteiger partial charge in [0.05, 0.1) is 5.69 Å². The Bertz CT molecular complexity index is 797. The van der Waals surface area contributed by atoms with E-state index in [2.05, 4.69) is 19.7 Å². The Balaban J connectivity index is 1.75. The van der Waals surface area contributed by atoms with Crippen LogP contribution in [0.25, 0.3) is 0 Å². The highest BCUT2D eigenvalue weighted by Gasteiger charge is 2.52. The molecule has 126 valence electrons. The van der Waals surface area contributed by atoms with E-state index in [0.29, 0.717) is 17.5 Å². The first kappa shape index (κ1) is 15.7. The molecule has 0 unspecified atom stereocenters. The molecule has 0 atom stereocenters. The lowest BCUT2D eigenvalue weighted by molar-refractivity contribution is -0.0765. The summed E-state index contributed by atoms with van der Waals surface area (Å²) in [5.41, 5.74) is 2.04. The van der Waals surface area contributed by atoms with E-state index in [0.717, 1.165) is 24.1 Å². The highest BCUT2D eigenvalue weighted by atomic mass is 35.5. The number of hydrogen-bond donors (Lipinski definition) is 0. The van der Waals surface area contributed by atoms with E-state index in [4.69, 9.17) is 11.6 Å². The van der Waals surface area contributed by atoms with Crippen molar-refractivity contribution >= 4 is 23.1 Å². The van der Waals surface area contributed by atoms with Crippen molar-refractivity contribution in [1.82, 2.24) is 15.0 Å². The lowest BCUT2D eigenvalue weighted by Gasteiger charge is -2.21. The Morgan fingerprint density at radius 1 is 1.38 bits per heavy atom. The summed E-state index contributed by atoms with van der Waals surface area (Å²) in [6, 6.07) is 3.39. The highest BCUT2D eigenvalue weighted by molar-refractivity contribution is 6.29. The lowest BCUT2D eigenvalue weighted by Crippen LogP contribution is -2.26. The second-order valence-electron chi connectivity index (χ2n) is 6.27. The van der Waals surface area contributed by atoms with Crippen molar-refractivity contribution in [2.75, 3.05) is 25.2 Å². The summed E-state index contributed by atoms with van der Waals surface area (Å²) in [5, 5.41) is 0.371. The molecule has 1 saturated carbocycles. The lowest BCUT2D eigenvalue weighted by atomic mass is 10.0. The van der Waals surface area contributed by atoms with Gasteiger partial charge in [0, 0.05) is 37.0 Å². The van der Waals surface area contributed by atoms with Gasteiger partial charge in [-0.1, -0.05) is 11.6 Å². The fourth-order valence-corrected chi connectivity index (χ4v) is 3.38. The summed E-state index contributed by atoms with van der Waals surface area (Å²) < 4.78 is 32.7. The largest absolute Gasteiger partial charge is 0.378 e. The Hall–Kier alpha value is -1.86. The van der Waals surface area contributed by atoms with Gasteiger partial charge >= 0.3 is 5.92 Å². The molecule has 2 aliphatic rings. The van der Waals surface area contributed by atoms with E-state index in [-0.39, 0.29) is 5.41 Å². The molecule has 0 radical (unpaired) electrons. The summed E-state index contributed by atoms with van der Waals surface area (Å²) in [4.78, 5) is 13.9. The monoisotopic (exact) mass is 352 g/mol. The fraction of sp³-hybridized carbons (Fsp3) is 0.438. The topological polar surface area (TPSA) is 51.1 Å². The van der Waals surface area contributed by atoms with Crippen molar-refractivity contribution in [3.05, 3.63) is 41.1 Å². The second-order valence-corrected chi connectivity index (χ2v) is 6.65. The zero-order chi connectivity index (χ0) is 16.9. The van der Waals surface area contributed by atoms with Gasteiger partial charge in [-0.15, -0.1) is 0 Å². The Labute approximate surface area is 142 Å². The van der Waals surface area contributed by atoms with Gasteiger partial charge in [-0.2, -0.15) is 8.78 Å². The van der Waals surface area contributed by atoms with Gasteiger partial charge in [-0.3, -0.25) is 0 Å². The van der Waals surface area contributed by atoms with Crippen molar-refractivity contribution in [2.24, 2.45) is 0 Å². The normalized spacial score (nSPS) is 18.1. The molecule has 0 N–H and O–H groups in total. The summed E-state index contributed by atoms with van der Waals surface area (Å²) in [6.45, 7) is -0.0661. The molecule has 4 rings (SSSR count). The number of ether oxygens (including phenoxy) is 1. The van der Waals surface area contributed by atoms with Gasteiger partial charge in [0.15, 0.2) is 0 Å². The van der Waals surface area contributed by atoms with Crippen molar-refractivity contribution in [3.8, 4) is 0 Å². The first-order valence-corrected chi connectivity index (χ1v) is 7.97. The van der Waals surface area contributed by atoms with Crippen LogP contribution in [0.4, 0.5) is 20.3 Å². The quantitative estimate of drug-likeness (QED) is 0.789. The number of hydrogen-bond acceptors (Lipinski definition) is 5. The Morgan fingerprint density at radius 2 is 2.17 bits per heavy atom. The van der Waals surface area contributed by atoms with Gasteiger partial charge < -0.3 is 9.64 Å². The number of rotatable bonds is 4. The van der Waals surface area contributed by atoms with Gasteiger partial charge in [0.25, 0.3) is 0 Å². The molecule has 2 aromatic rings. The molecule has 0 bridgehead atoms. The summed E-state index contributed by atoms with van der Waals surface area (Å²) in [5.74, 6) is -3.34. The summed E-state index contributed by atoms with van der Waals surface area (Å²) in [7, 11) is 1.22. The maximum Gasteiger partial charge on any atom is 0.329 e. The van der Waals surface area contributed by atoms with Crippen LogP contribution in [0.5, 0.6) is 0 Å². The number of fused-ring (bicyclic) bond motifs is 2. The minimum Gasteiger partial charge on any atom is -0.378 e. The SMILES string of the molecule is COCC(F)(F)c1nccc(N2CC3(CC3)c3cnc(Cl)cc32)n1. The molecule has 8 heteroatoms. The third-order valence-corrected chi connectivity index (χ3v) is 4.80. The van der Waals surface area contributed by atoms with E-state index >= 15 is 0 Å². The molecule has 5 nitrogen and oxygen atoms in total. The standard InChI is InChI=1S/C16H15ClF2N4O/c1-24-9-16(18,19)14-20-5-2-13(22-14)23-8-15(3-4-15)10-7-21-12(17)6-11(10)23/h2,5-7H,3-4,8-9H2,1H3. The first-order chi connectivity index (χ1) is 11.5. The van der Waals surface area contributed by atoms with E-state index in [1.807, 2.05) is 4.90 Å². The van der Waals surface area contributed by atoms with E-state index in [1.165, 1.54) is 13.3 Å². The molecule has 0 amide bonds. The smallest absolute Gasteiger partial charge is 0.329 e. The molecule has 24 heavy (non-hydrogen) atoms. The van der Waals surface area contributed by atoms with Crippen LogP contribution in [0.15, 0.2) is 24.5 Å². The predicted octanol–water partition coefficient (Wildman–Crippen LogP) is 3.45. The van der Waals surface area contributed by atoms with Crippen molar-refractivity contribution in [1.29, 1.82) is 0 Å². The number of halogens is 3. The van der Waals surface area contributed by atoms with Crippen molar-refractivity contribution in [2.45, 2.75) is 24.2 Å². The van der Waals surface area contributed by atoms with Crippen LogP contribution in [0.2, 0.25) is 5.15 Å². The maximum atomic E-state index is 14.0. The molecule has 1 aliphatic heterocycles. The highest BCUT2D eigenvalue weighted by Crippen LogP contribution is 2.57. The molecule has 2 aromatic heterocycles. The zero-order valence-corrected chi connectivity index (χ0v) is 13.7. The molecular weight excluding hydrogens is 338 g/mol. The van der Waals surface area contributed by atoms with Crippen LogP contribution in [0.3, 0.4) is 0 Å². The van der Waals surface area contributed by atoms with E-state index in [9.17, 15) is 8.78 Å². The average molecular weight is 353 g/mol.